The molecule has 0 aliphatic heterocycles. The monoisotopic (exact) mass is 406 g/mol. The number of carbonyl (C=O) groups is 3. The number of benzene rings is 2. The molecule has 30 heavy (non-hydrogen) atoms. The summed E-state index contributed by atoms with van der Waals surface area (Å²) in [6.07, 6.45) is 0.197. The number of nitrogens with one attached hydrogen (secondary N) is 1. The zero-order chi connectivity index (χ0) is 22.1. The number of hydrogen-bond donors (Lipinski definition) is 1. The molecule has 1 atom stereocenters. The molecule has 154 valence electrons. The first kappa shape index (κ1) is 22.4. The first-order chi connectivity index (χ1) is 14.3. The van der Waals surface area contributed by atoms with Gasteiger partial charge in [-0.25, -0.2) is 4.79 Å². The lowest BCUT2D eigenvalue weighted by atomic mass is 10.1. The Hall–Kier alpha value is -3.92. The van der Waals surface area contributed by atoms with Crippen molar-refractivity contribution in [2.45, 2.75) is 26.9 Å². The second kappa shape index (κ2) is 10.6. The van der Waals surface area contributed by atoms with Crippen molar-refractivity contribution in [3.05, 3.63) is 65.2 Å². The van der Waals surface area contributed by atoms with Crippen LogP contribution < -0.4 is 10.1 Å². The molecule has 0 saturated carbocycles. The van der Waals surface area contributed by atoms with Crippen LogP contribution in [0.4, 0.5) is 5.69 Å². The van der Waals surface area contributed by atoms with E-state index in [0.717, 1.165) is 0 Å². The van der Waals surface area contributed by atoms with Crippen molar-refractivity contribution in [2.75, 3.05) is 11.9 Å². The summed E-state index contributed by atoms with van der Waals surface area (Å²) in [5, 5.41) is 11.9. The van der Waals surface area contributed by atoms with E-state index >= 15 is 0 Å². The zero-order valence-electron chi connectivity index (χ0n) is 17.0. The van der Waals surface area contributed by atoms with Gasteiger partial charge in [-0.15, -0.1) is 0 Å². The average Bonchev–Trinajstić information content (AvgIpc) is 2.73. The summed E-state index contributed by atoms with van der Waals surface area (Å²) in [6, 6.07) is 15.1. The maximum absolute atomic E-state index is 12.4. The maximum Gasteiger partial charge on any atom is 0.349 e. The Balaban J connectivity index is 2.06. The number of amides is 1. The fourth-order valence-electron chi connectivity index (χ4n) is 2.54. The van der Waals surface area contributed by atoms with E-state index in [-0.39, 0.29) is 11.4 Å². The van der Waals surface area contributed by atoms with Crippen LogP contribution in [-0.4, -0.2) is 30.4 Å². The summed E-state index contributed by atoms with van der Waals surface area (Å²) < 4.78 is 10.5. The zero-order valence-corrected chi connectivity index (χ0v) is 17.0. The summed E-state index contributed by atoms with van der Waals surface area (Å²) in [5.74, 6) is -1.07. The van der Waals surface area contributed by atoms with Crippen molar-refractivity contribution in [3.63, 3.8) is 0 Å². The van der Waals surface area contributed by atoms with Gasteiger partial charge in [-0.3, -0.25) is 9.59 Å². The fraction of sp³-hybridized carbons (Fsp3) is 0.217. The van der Waals surface area contributed by atoms with Gasteiger partial charge in [0, 0.05) is 5.56 Å². The predicted molar refractivity (Wildman–Crippen MR) is 112 cm³/mol. The number of carbonyl (C=O) groups excluding carboxylic acids is 3. The largest absolute Gasteiger partial charge is 0.494 e. The summed E-state index contributed by atoms with van der Waals surface area (Å²) >= 11 is 0. The van der Waals surface area contributed by atoms with Crippen LogP contribution >= 0.6 is 0 Å². The molecular weight excluding hydrogens is 384 g/mol. The number of Topliss-reactive ketones (excluding diaryl/α,β-unsaturated/α-hetero) is 1. The van der Waals surface area contributed by atoms with Gasteiger partial charge in [0.15, 0.2) is 11.9 Å². The normalized spacial score (nSPS) is 11.7. The Bertz CT molecular complexity index is 1000. The molecular formula is C23H22N2O5. The molecule has 0 aliphatic rings. The van der Waals surface area contributed by atoms with Crippen LogP contribution in [0.2, 0.25) is 0 Å². The Morgan fingerprint density at radius 3 is 2.40 bits per heavy atom. The first-order valence-corrected chi connectivity index (χ1v) is 9.32. The lowest BCUT2D eigenvalue weighted by Crippen LogP contribution is -2.30. The van der Waals surface area contributed by atoms with Crippen molar-refractivity contribution in [2.24, 2.45) is 0 Å². The number of nitrogens with zero attached hydrogens (tertiary/aromatic N) is 1. The van der Waals surface area contributed by atoms with Crippen LogP contribution in [0.1, 0.15) is 36.7 Å². The molecule has 0 heterocycles. The van der Waals surface area contributed by atoms with Gasteiger partial charge in [-0.1, -0.05) is 24.3 Å². The topological polar surface area (TPSA) is 105 Å². The van der Waals surface area contributed by atoms with Gasteiger partial charge in [0.25, 0.3) is 5.91 Å². The van der Waals surface area contributed by atoms with Crippen molar-refractivity contribution in [1.29, 1.82) is 5.26 Å². The third kappa shape index (κ3) is 6.04. The van der Waals surface area contributed by atoms with Crippen LogP contribution in [0.25, 0.3) is 6.08 Å². The average molecular weight is 406 g/mol. The number of nitriles is 1. The molecule has 7 nitrogen and oxygen atoms in total. The smallest absolute Gasteiger partial charge is 0.349 e. The number of rotatable bonds is 8. The summed E-state index contributed by atoms with van der Waals surface area (Å²) in [7, 11) is 0. The van der Waals surface area contributed by atoms with Crippen LogP contribution in [0.15, 0.2) is 54.1 Å². The number of esters is 1. The van der Waals surface area contributed by atoms with Gasteiger partial charge in [0.2, 0.25) is 0 Å². The first-order valence-electron chi connectivity index (χ1n) is 9.32. The highest BCUT2D eigenvalue weighted by Gasteiger charge is 2.21. The van der Waals surface area contributed by atoms with Crippen LogP contribution in [0.3, 0.4) is 0 Å². The van der Waals surface area contributed by atoms with E-state index in [2.05, 4.69) is 5.32 Å². The molecule has 2 aromatic rings. The van der Waals surface area contributed by atoms with E-state index in [9.17, 15) is 19.6 Å². The van der Waals surface area contributed by atoms with E-state index in [0.29, 0.717) is 29.2 Å². The maximum atomic E-state index is 12.4. The molecule has 2 rings (SSSR count). The predicted octanol–water partition coefficient (Wildman–Crippen LogP) is 3.77. The summed E-state index contributed by atoms with van der Waals surface area (Å²) in [4.78, 5) is 36.4. The van der Waals surface area contributed by atoms with E-state index in [4.69, 9.17) is 9.47 Å². The standard InChI is InChI=1S/C23H22N2O5/c1-4-29-19-11-9-17(10-12-19)13-18(14-24)23(28)30-16(3)22(27)25-21-8-6-5-7-20(21)15(2)26/h5-13,16H,4H2,1-3H3,(H,25,27)/b18-13+/t16-/m1/s1. The summed E-state index contributed by atoms with van der Waals surface area (Å²) in [6.45, 7) is 5.17. The number of hydrogen-bond acceptors (Lipinski definition) is 6. The van der Waals surface area contributed by atoms with Crippen molar-refractivity contribution >= 4 is 29.4 Å². The Morgan fingerprint density at radius 1 is 1.13 bits per heavy atom. The van der Waals surface area contributed by atoms with Crippen LogP contribution in [-0.2, 0) is 14.3 Å². The van der Waals surface area contributed by atoms with Gasteiger partial charge in [-0.2, -0.15) is 5.26 Å². The third-order valence-corrected chi connectivity index (χ3v) is 4.06. The second-order valence-corrected chi connectivity index (χ2v) is 6.31. The van der Waals surface area contributed by atoms with Gasteiger partial charge >= 0.3 is 5.97 Å². The molecule has 2 aromatic carbocycles. The minimum Gasteiger partial charge on any atom is -0.494 e. The number of para-hydroxylation sites is 1. The minimum absolute atomic E-state index is 0.208. The minimum atomic E-state index is -1.17. The fourth-order valence-corrected chi connectivity index (χ4v) is 2.54. The number of ketones is 1. The Labute approximate surface area is 174 Å². The molecule has 0 aliphatic carbocycles. The van der Waals surface area contributed by atoms with Crippen LogP contribution in [0.5, 0.6) is 5.75 Å². The highest BCUT2D eigenvalue weighted by atomic mass is 16.5. The number of anilines is 1. The van der Waals surface area contributed by atoms with Crippen molar-refractivity contribution < 1.29 is 23.9 Å². The SMILES string of the molecule is CCOc1ccc(/C=C(\C#N)C(=O)O[C@H](C)C(=O)Nc2ccccc2C(C)=O)cc1. The lowest BCUT2D eigenvalue weighted by molar-refractivity contribution is -0.148. The molecule has 0 radical (unpaired) electrons. The summed E-state index contributed by atoms with van der Waals surface area (Å²) in [5.41, 5.74) is 1.03. The molecule has 0 spiro atoms. The quantitative estimate of drug-likeness (QED) is 0.310. The second-order valence-electron chi connectivity index (χ2n) is 6.31. The van der Waals surface area contributed by atoms with E-state index in [1.165, 1.54) is 19.9 Å². The molecule has 1 amide bonds. The highest BCUT2D eigenvalue weighted by molar-refractivity contribution is 6.05. The van der Waals surface area contributed by atoms with Gasteiger partial charge in [0.1, 0.15) is 17.4 Å². The molecule has 1 N–H and O–H groups in total. The van der Waals surface area contributed by atoms with E-state index in [1.54, 1.807) is 54.6 Å². The van der Waals surface area contributed by atoms with Crippen molar-refractivity contribution in [1.82, 2.24) is 0 Å². The van der Waals surface area contributed by atoms with E-state index < -0.39 is 18.0 Å². The lowest BCUT2D eigenvalue weighted by Gasteiger charge is -2.14. The van der Waals surface area contributed by atoms with Gasteiger partial charge < -0.3 is 14.8 Å². The van der Waals surface area contributed by atoms with Gasteiger partial charge in [-0.05, 0) is 56.7 Å². The molecule has 0 saturated heterocycles. The highest BCUT2D eigenvalue weighted by Crippen LogP contribution is 2.17. The molecule has 0 fully saturated rings. The number of ether oxygens (including phenoxy) is 2. The van der Waals surface area contributed by atoms with Crippen LogP contribution in [0, 0.1) is 11.3 Å². The Kier molecular flexibility index (Phi) is 7.89. The Morgan fingerprint density at radius 2 is 1.80 bits per heavy atom. The van der Waals surface area contributed by atoms with Gasteiger partial charge in [0.05, 0.1) is 12.3 Å². The van der Waals surface area contributed by atoms with E-state index in [1.807, 2.05) is 6.92 Å². The third-order valence-electron chi connectivity index (χ3n) is 4.06. The molecule has 0 bridgehead atoms. The molecule has 7 heteroatoms. The molecule has 0 unspecified atom stereocenters. The molecule has 0 aromatic heterocycles. The van der Waals surface area contributed by atoms with Crippen molar-refractivity contribution in [3.8, 4) is 11.8 Å².